The van der Waals surface area contributed by atoms with Crippen molar-refractivity contribution >= 4 is 22.8 Å². The maximum Gasteiger partial charge on any atom is 0.226 e. The second-order valence-electron chi connectivity index (χ2n) is 6.72. The smallest absolute Gasteiger partial charge is 0.226 e. The number of nitrogens with zero attached hydrogens (tertiary/aromatic N) is 3. The minimum Gasteiger partial charge on any atom is -0.394 e. The highest BCUT2D eigenvalue weighted by molar-refractivity contribution is 5.88. The predicted molar refractivity (Wildman–Crippen MR) is 106 cm³/mol. The van der Waals surface area contributed by atoms with Crippen LogP contribution in [0.4, 0.5) is 11.8 Å². The van der Waals surface area contributed by atoms with Gasteiger partial charge in [-0.1, -0.05) is 37.3 Å². The molecule has 0 amide bonds. The van der Waals surface area contributed by atoms with Crippen molar-refractivity contribution in [3.63, 3.8) is 0 Å². The average Bonchev–Trinajstić information content (AvgIpc) is 3.09. The summed E-state index contributed by atoms with van der Waals surface area (Å²) in [4.78, 5) is 9.36. The van der Waals surface area contributed by atoms with E-state index in [1.54, 1.807) is 0 Å². The van der Waals surface area contributed by atoms with Crippen molar-refractivity contribution in [2.45, 2.75) is 45.8 Å². The van der Waals surface area contributed by atoms with Crippen molar-refractivity contribution in [1.29, 1.82) is 0 Å². The zero-order valence-electron chi connectivity index (χ0n) is 15.6. The fourth-order valence-electron chi connectivity index (χ4n) is 2.89. The third-order valence-corrected chi connectivity index (χ3v) is 4.48. The highest BCUT2D eigenvalue weighted by Crippen LogP contribution is 2.26. The molecule has 0 aliphatic rings. The van der Waals surface area contributed by atoms with Gasteiger partial charge in [0.1, 0.15) is 11.5 Å². The van der Waals surface area contributed by atoms with E-state index in [9.17, 15) is 5.11 Å². The lowest BCUT2D eigenvalue weighted by atomic mass is 10.2. The molecule has 26 heavy (non-hydrogen) atoms. The molecule has 0 bridgehead atoms. The Labute approximate surface area is 154 Å². The molecule has 6 nitrogen and oxygen atoms in total. The van der Waals surface area contributed by atoms with Crippen LogP contribution in [0.25, 0.3) is 11.0 Å². The minimum atomic E-state index is -0.0584. The number of fused-ring (bicyclic) bond motifs is 1. The molecule has 0 saturated carbocycles. The normalized spacial score (nSPS) is 12.5. The molecule has 3 aromatic rings. The lowest BCUT2D eigenvalue weighted by Gasteiger charge is -2.16. The van der Waals surface area contributed by atoms with Gasteiger partial charge in [-0.3, -0.25) is 0 Å². The van der Waals surface area contributed by atoms with Gasteiger partial charge in [-0.2, -0.15) is 9.97 Å². The molecule has 0 saturated heterocycles. The SMILES string of the molecule is CC[C@@H](CO)Nc1nc(NCc2ccccc2)c2ccn(C(C)C)c2n1. The molecule has 0 spiro atoms. The third-order valence-electron chi connectivity index (χ3n) is 4.48. The molecule has 3 N–H and O–H groups in total. The minimum absolute atomic E-state index is 0.0515. The van der Waals surface area contributed by atoms with Gasteiger partial charge in [0.2, 0.25) is 5.95 Å². The van der Waals surface area contributed by atoms with Crippen LogP contribution < -0.4 is 10.6 Å². The molecule has 1 aromatic carbocycles. The van der Waals surface area contributed by atoms with Gasteiger partial charge in [-0.15, -0.1) is 0 Å². The van der Waals surface area contributed by atoms with Crippen molar-refractivity contribution in [2.75, 3.05) is 17.2 Å². The number of anilines is 2. The number of benzene rings is 1. The summed E-state index contributed by atoms with van der Waals surface area (Å²) < 4.78 is 2.13. The van der Waals surface area contributed by atoms with E-state index in [4.69, 9.17) is 4.98 Å². The van der Waals surface area contributed by atoms with Crippen molar-refractivity contribution in [2.24, 2.45) is 0 Å². The van der Waals surface area contributed by atoms with Gasteiger partial charge in [-0.05, 0) is 31.9 Å². The standard InChI is InChI=1S/C20H27N5O/c1-4-16(13-26)22-20-23-18(21-12-15-8-6-5-7-9-15)17-10-11-25(14(2)3)19(17)24-20/h5-11,14,16,26H,4,12-13H2,1-3H3,(H2,21,22,23,24)/t16-/m0/s1. The number of rotatable bonds is 8. The molecular weight excluding hydrogens is 326 g/mol. The van der Waals surface area contributed by atoms with Gasteiger partial charge in [0.15, 0.2) is 0 Å². The van der Waals surface area contributed by atoms with Gasteiger partial charge in [0.25, 0.3) is 0 Å². The fraction of sp³-hybridized carbons (Fsp3) is 0.400. The fourth-order valence-corrected chi connectivity index (χ4v) is 2.89. The van der Waals surface area contributed by atoms with Gasteiger partial charge >= 0.3 is 0 Å². The van der Waals surface area contributed by atoms with Crippen LogP contribution in [0.15, 0.2) is 42.6 Å². The molecule has 138 valence electrons. The zero-order chi connectivity index (χ0) is 18.5. The molecule has 2 heterocycles. The van der Waals surface area contributed by atoms with Crippen LogP contribution in [-0.4, -0.2) is 32.3 Å². The summed E-state index contributed by atoms with van der Waals surface area (Å²) in [5.74, 6) is 1.34. The van der Waals surface area contributed by atoms with E-state index in [0.29, 0.717) is 18.5 Å². The summed E-state index contributed by atoms with van der Waals surface area (Å²) in [6.07, 6.45) is 2.85. The predicted octanol–water partition coefficient (Wildman–Crippen LogP) is 3.81. The van der Waals surface area contributed by atoms with E-state index >= 15 is 0 Å². The lowest BCUT2D eigenvalue weighted by Crippen LogP contribution is -2.24. The van der Waals surface area contributed by atoms with Crippen molar-refractivity contribution < 1.29 is 5.11 Å². The summed E-state index contributed by atoms with van der Waals surface area (Å²) in [5.41, 5.74) is 2.08. The first kappa shape index (κ1) is 18.2. The van der Waals surface area contributed by atoms with Crippen LogP contribution in [-0.2, 0) is 6.54 Å². The molecule has 0 unspecified atom stereocenters. The van der Waals surface area contributed by atoms with E-state index in [-0.39, 0.29) is 12.6 Å². The maximum atomic E-state index is 9.49. The van der Waals surface area contributed by atoms with Crippen molar-refractivity contribution in [3.05, 3.63) is 48.2 Å². The van der Waals surface area contributed by atoms with Crippen LogP contribution in [0.5, 0.6) is 0 Å². The summed E-state index contributed by atoms with van der Waals surface area (Å²) in [6.45, 7) is 7.03. The molecule has 2 aromatic heterocycles. The molecule has 1 atom stereocenters. The van der Waals surface area contributed by atoms with Gasteiger partial charge in [0, 0.05) is 18.8 Å². The monoisotopic (exact) mass is 353 g/mol. The van der Waals surface area contributed by atoms with Crippen molar-refractivity contribution in [1.82, 2.24) is 14.5 Å². The van der Waals surface area contributed by atoms with Crippen LogP contribution in [0, 0.1) is 0 Å². The first-order valence-corrected chi connectivity index (χ1v) is 9.16. The number of hydrogen-bond donors (Lipinski definition) is 3. The largest absolute Gasteiger partial charge is 0.394 e. The van der Waals surface area contributed by atoms with E-state index in [1.165, 1.54) is 5.56 Å². The Bertz CT molecular complexity index is 840. The van der Waals surface area contributed by atoms with Crippen LogP contribution in [0.1, 0.15) is 38.8 Å². The third kappa shape index (κ3) is 3.96. The van der Waals surface area contributed by atoms with E-state index in [0.717, 1.165) is 23.3 Å². The molecule has 0 radical (unpaired) electrons. The molecule has 0 aliphatic carbocycles. The summed E-state index contributed by atoms with van der Waals surface area (Å²) in [7, 11) is 0. The summed E-state index contributed by atoms with van der Waals surface area (Å²) >= 11 is 0. The number of aromatic nitrogens is 3. The molecule has 0 aliphatic heterocycles. The van der Waals surface area contributed by atoms with Crippen molar-refractivity contribution in [3.8, 4) is 0 Å². The highest BCUT2D eigenvalue weighted by Gasteiger charge is 2.15. The van der Waals surface area contributed by atoms with Gasteiger partial charge in [0.05, 0.1) is 18.0 Å². The number of hydrogen-bond acceptors (Lipinski definition) is 5. The average molecular weight is 353 g/mol. The van der Waals surface area contributed by atoms with Crippen LogP contribution >= 0.6 is 0 Å². The summed E-state index contributed by atoms with van der Waals surface area (Å²) in [5, 5.41) is 17.2. The Morgan fingerprint density at radius 2 is 1.88 bits per heavy atom. The molecular formula is C20H27N5O. The Balaban J connectivity index is 1.96. The Hall–Kier alpha value is -2.60. The molecule has 6 heteroatoms. The van der Waals surface area contributed by atoms with E-state index in [2.05, 4.69) is 52.2 Å². The number of aliphatic hydroxyl groups is 1. The Morgan fingerprint density at radius 1 is 1.12 bits per heavy atom. The van der Waals surface area contributed by atoms with Crippen LogP contribution in [0.3, 0.4) is 0 Å². The Kier molecular flexibility index (Phi) is 5.73. The first-order chi connectivity index (χ1) is 12.6. The van der Waals surface area contributed by atoms with Gasteiger partial charge < -0.3 is 20.3 Å². The number of aliphatic hydroxyl groups excluding tert-OH is 1. The Morgan fingerprint density at radius 3 is 2.54 bits per heavy atom. The summed E-state index contributed by atoms with van der Waals surface area (Å²) in [6, 6.07) is 12.5. The first-order valence-electron chi connectivity index (χ1n) is 9.16. The second-order valence-corrected chi connectivity index (χ2v) is 6.72. The van der Waals surface area contributed by atoms with E-state index < -0.39 is 0 Å². The topological polar surface area (TPSA) is 75.0 Å². The molecule has 3 rings (SSSR count). The second kappa shape index (κ2) is 8.19. The lowest BCUT2D eigenvalue weighted by molar-refractivity contribution is 0.271. The maximum absolute atomic E-state index is 9.49. The van der Waals surface area contributed by atoms with E-state index in [1.807, 2.05) is 31.3 Å². The highest BCUT2D eigenvalue weighted by atomic mass is 16.3. The quantitative estimate of drug-likeness (QED) is 0.574. The van der Waals surface area contributed by atoms with Gasteiger partial charge in [-0.25, -0.2) is 0 Å². The molecule has 0 fully saturated rings. The zero-order valence-corrected chi connectivity index (χ0v) is 15.6. The number of nitrogens with one attached hydrogen (secondary N) is 2. The van der Waals surface area contributed by atoms with Crippen LogP contribution in [0.2, 0.25) is 0 Å².